The van der Waals surface area contributed by atoms with Crippen LogP contribution in [0.15, 0.2) is 53.6 Å². The van der Waals surface area contributed by atoms with E-state index in [1.807, 2.05) is 12.1 Å². The second-order valence-corrected chi connectivity index (χ2v) is 6.26. The molecule has 3 N–H and O–H groups in total. The fourth-order valence-corrected chi connectivity index (χ4v) is 3.17. The molecule has 0 unspecified atom stereocenters. The average Bonchev–Trinajstić information content (AvgIpc) is 3.09. The lowest BCUT2D eigenvalue weighted by molar-refractivity contribution is 0.102. The number of carbonyl (C=O) groups excluding carboxylic acids is 1. The summed E-state index contributed by atoms with van der Waals surface area (Å²) in [5.74, 6) is -0.215. The monoisotopic (exact) mass is 346 g/mol. The summed E-state index contributed by atoms with van der Waals surface area (Å²) in [6.07, 6.45) is 3.41. The summed E-state index contributed by atoms with van der Waals surface area (Å²) in [7, 11) is 0. The zero-order chi connectivity index (χ0) is 18.1. The third-order valence-electron chi connectivity index (χ3n) is 4.39. The van der Waals surface area contributed by atoms with E-state index in [0.29, 0.717) is 11.3 Å². The molecule has 0 bridgehead atoms. The normalized spacial score (nSPS) is 11.1. The number of anilines is 1. The van der Waals surface area contributed by atoms with Crippen molar-refractivity contribution in [3.05, 3.63) is 70.3 Å². The molecule has 0 aliphatic carbocycles. The Balaban J connectivity index is 1.66. The van der Waals surface area contributed by atoms with E-state index in [4.69, 9.17) is 0 Å². The van der Waals surface area contributed by atoms with Gasteiger partial charge in [0.15, 0.2) is 0 Å². The van der Waals surface area contributed by atoms with Gasteiger partial charge in [0.05, 0.1) is 22.9 Å². The van der Waals surface area contributed by atoms with Gasteiger partial charge in [-0.2, -0.15) is 0 Å². The molecule has 0 spiro atoms. The number of imidazole rings is 1. The quantitative estimate of drug-likeness (QED) is 0.527. The Kier molecular flexibility index (Phi) is 4.01. The molecule has 26 heavy (non-hydrogen) atoms. The van der Waals surface area contributed by atoms with Crippen molar-refractivity contribution < 1.29 is 4.79 Å². The molecule has 0 aliphatic heterocycles. The van der Waals surface area contributed by atoms with Gasteiger partial charge in [0.25, 0.3) is 5.91 Å². The van der Waals surface area contributed by atoms with E-state index in [1.54, 1.807) is 36.7 Å². The lowest BCUT2D eigenvalue weighted by atomic mass is 10.0. The zero-order valence-corrected chi connectivity index (χ0v) is 14.3. The van der Waals surface area contributed by atoms with Crippen molar-refractivity contribution in [3.63, 3.8) is 0 Å². The van der Waals surface area contributed by atoms with E-state index in [2.05, 4.69) is 27.2 Å². The maximum Gasteiger partial charge on any atom is 0.255 e. The number of aryl methyl sites for hydroxylation is 1. The third kappa shape index (κ3) is 2.97. The van der Waals surface area contributed by atoms with E-state index in [-0.39, 0.29) is 11.5 Å². The third-order valence-corrected chi connectivity index (χ3v) is 4.39. The van der Waals surface area contributed by atoms with Crippen LogP contribution in [0.2, 0.25) is 0 Å². The van der Waals surface area contributed by atoms with Gasteiger partial charge in [-0.15, -0.1) is 0 Å². The number of aromatic nitrogens is 3. The SMILES string of the molecule is CCCc1cc(=O)[nH]c2cc(NC(=O)c3ccc4nc[nH]c4c3)ccc12. The highest BCUT2D eigenvalue weighted by Gasteiger charge is 2.10. The van der Waals surface area contributed by atoms with Crippen molar-refractivity contribution in [2.24, 2.45) is 0 Å². The number of carbonyl (C=O) groups is 1. The highest BCUT2D eigenvalue weighted by atomic mass is 16.1. The van der Waals surface area contributed by atoms with Gasteiger partial charge in [-0.25, -0.2) is 4.98 Å². The fourth-order valence-electron chi connectivity index (χ4n) is 3.17. The number of amides is 1. The van der Waals surface area contributed by atoms with Gasteiger partial charge in [0.2, 0.25) is 5.56 Å². The summed E-state index contributed by atoms with van der Waals surface area (Å²) in [6, 6.07) is 12.5. The van der Waals surface area contributed by atoms with Crippen LogP contribution >= 0.6 is 0 Å². The average molecular weight is 346 g/mol. The number of aromatic amines is 2. The number of hydrogen-bond donors (Lipinski definition) is 3. The van der Waals surface area contributed by atoms with E-state index in [9.17, 15) is 9.59 Å². The van der Waals surface area contributed by atoms with Crippen molar-refractivity contribution in [3.8, 4) is 0 Å². The predicted octanol–water partition coefficient (Wildman–Crippen LogP) is 3.61. The second-order valence-electron chi connectivity index (χ2n) is 6.26. The number of nitrogens with zero attached hydrogens (tertiary/aromatic N) is 1. The maximum atomic E-state index is 12.5. The number of pyridine rings is 1. The number of rotatable bonds is 4. The van der Waals surface area contributed by atoms with Gasteiger partial charge < -0.3 is 15.3 Å². The Morgan fingerprint density at radius 2 is 2.00 bits per heavy atom. The standard InChI is InChI=1S/C20H18N4O2/c1-2-3-12-9-19(25)24-17-10-14(5-6-15(12)17)23-20(26)13-4-7-16-18(8-13)22-11-21-16/h4-11H,2-3H2,1H3,(H,21,22)(H,23,26)(H,24,25). The van der Waals surface area contributed by atoms with Gasteiger partial charge in [0.1, 0.15) is 0 Å². The molecule has 1 amide bonds. The van der Waals surface area contributed by atoms with Crippen LogP contribution in [0.5, 0.6) is 0 Å². The largest absolute Gasteiger partial charge is 0.345 e. The number of hydrogen-bond acceptors (Lipinski definition) is 3. The summed E-state index contributed by atoms with van der Waals surface area (Å²) in [6.45, 7) is 2.08. The first-order valence-electron chi connectivity index (χ1n) is 8.54. The second kappa shape index (κ2) is 6.48. The molecule has 0 atom stereocenters. The molecule has 0 saturated heterocycles. The Labute approximate surface area is 149 Å². The molecule has 0 fully saturated rings. The molecule has 130 valence electrons. The highest BCUT2D eigenvalue weighted by molar-refractivity contribution is 6.06. The van der Waals surface area contributed by atoms with Crippen LogP contribution in [0.3, 0.4) is 0 Å². The van der Waals surface area contributed by atoms with Gasteiger partial charge >= 0.3 is 0 Å². The van der Waals surface area contributed by atoms with Crippen LogP contribution in [0.25, 0.3) is 21.9 Å². The molecular formula is C20H18N4O2. The van der Waals surface area contributed by atoms with Crippen LogP contribution in [0.4, 0.5) is 5.69 Å². The molecule has 2 heterocycles. The lowest BCUT2D eigenvalue weighted by Crippen LogP contribution is -2.12. The summed E-state index contributed by atoms with van der Waals surface area (Å²) < 4.78 is 0. The van der Waals surface area contributed by atoms with Crippen molar-refractivity contribution in [1.29, 1.82) is 0 Å². The smallest absolute Gasteiger partial charge is 0.255 e. The van der Waals surface area contributed by atoms with Crippen molar-refractivity contribution in [1.82, 2.24) is 15.0 Å². The minimum atomic E-state index is -0.215. The summed E-state index contributed by atoms with van der Waals surface area (Å²) in [5, 5.41) is 3.89. The van der Waals surface area contributed by atoms with Crippen LogP contribution in [0.1, 0.15) is 29.3 Å². The van der Waals surface area contributed by atoms with Gasteiger partial charge in [-0.1, -0.05) is 19.4 Å². The number of benzene rings is 2. The topological polar surface area (TPSA) is 90.6 Å². The Bertz CT molecular complexity index is 1170. The molecule has 0 aliphatic rings. The molecule has 6 heteroatoms. The first-order chi connectivity index (χ1) is 12.6. The van der Waals surface area contributed by atoms with Gasteiger partial charge in [0, 0.05) is 22.7 Å². The lowest BCUT2D eigenvalue weighted by Gasteiger charge is -2.09. The van der Waals surface area contributed by atoms with Crippen LogP contribution in [-0.4, -0.2) is 20.9 Å². The first kappa shape index (κ1) is 16.1. The van der Waals surface area contributed by atoms with E-state index in [1.165, 1.54) is 0 Å². The van der Waals surface area contributed by atoms with Crippen LogP contribution in [-0.2, 0) is 6.42 Å². The van der Waals surface area contributed by atoms with Crippen LogP contribution < -0.4 is 10.9 Å². The number of fused-ring (bicyclic) bond motifs is 2. The molecule has 0 radical (unpaired) electrons. The zero-order valence-electron chi connectivity index (χ0n) is 14.3. The summed E-state index contributed by atoms with van der Waals surface area (Å²) in [5.41, 5.74) is 4.41. The molecular weight excluding hydrogens is 328 g/mol. The molecule has 4 aromatic rings. The fraction of sp³-hybridized carbons (Fsp3) is 0.150. The Hall–Kier alpha value is -3.41. The Morgan fingerprint density at radius 1 is 1.12 bits per heavy atom. The minimum absolute atomic E-state index is 0.130. The summed E-state index contributed by atoms with van der Waals surface area (Å²) in [4.78, 5) is 34.4. The van der Waals surface area contributed by atoms with Crippen molar-refractivity contribution >= 4 is 33.5 Å². The molecule has 0 saturated carbocycles. The van der Waals surface area contributed by atoms with E-state index in [0.717, 1.165) is 40.3 Å². The van der Waals surface area contributed by atoms with Crippen molar-refractivity contribution in [2.45, 2.75) is 19.8 Å². The first-order valence-corrected chi connectivity index (χ1v) is 8.54. The minimum Gasteiger partial charge on any atom is -0.345 e. The molecule has 2 aromatic carbocycles. The summed E-state index contributed by atoms with van der Waals surface area (Å²) >= 11 is 0. The van der Waals surface area contributed by atoms with Gasteiger partial charge in [-0.05, 0) is 42.3 Å². The number of nitrogens with one attached hydrogen (secondary N) is 3. The Morgan fingerprint density at radius 3 is 2.85 bits per heavy atom. The maximum absolute atomic E-state index is 12.5. The van der Waals surface area contributed by atoms with Crippen molar-refractivity contribution in [2.75, 3.05) is 5.32 Å². The van der Waals surface area contributed by atoms with Crippen LogP contribution in [0, 0.1) is 0 Å². The molecule has 6 nitrogen and oxygen atoms in total. The van der Waals surface area contributed by atoms with E-state index < -0.39 is 0 Å². The van der Waals surface area contributed by atoms with Gasteiger partial charge in [-0.3, -0.25) is 9.59 Å². The predicted molar refractivity (Wildman–Crippen MR) is 103 cm³/mol. The van der Waals surface area contributed by atoms with E-state index >= 15 is 0 Å². The molecule has 2 aromatic heterocycles. The highest BCUT2D eigenvalue weighted by Crippen LogP contribution is 2.21. The number of H-pyrrole nitrogens is 2. The molecule has 4 rings (SSSR count).